The van der Waals surface area contributed by atoms with Gasteiger partial charge in [-0.2, -0.15) is 0 Å². The third-order valence-corrected chi connectivity index (χ3v) is 4.33. The van der Waals surface area contributed by atoms with Crippen LogP contribution in [0.25, 0.3) is 0 Å². The van der Waals surface area contributed by atoms with Gasteiger partial charge in [0.15, 0.2) is 0 Å². The van der Waals surface area contributed by atoms with Crippen molar-refractivity contribution in [1.82, 2.24) is 9.97 Å². The van der Waals surface area contributed by atoms with E-state index in [0.29, 0.717) is 13.2 Å². The van der Waals surface area contributed by atoms with Gasteiger partial charge in [-0.05, 0) is 25.0 Å². The molecule has 5 nitrogen and oxygen atoms in total. The average Bonchev–Trinajstić information content (AvgIpc) is 3.01. The fraction of sp³-hybridized carbons (Fsp3) is 0.375. The number of nitrogens with one attached hydrogen (secondary N) is 1. The Morgan fingerprint density at radius 3 is 3.24 bits per heavy atom. The highest BCUT2D eigenvalue weighted by Crippen LogP contribution is 2.33. The third kappa shape index (κ3) is 2.09. The molecule has 2 heterocycles. The zero-order valence-electron chi connectivity index (χ0n) is 11.7. The molecule has 1 N–H and O–H groups in total. The monoisotopic (exact) mass is 283 g/mol. The van der Waals surface area contributed by atoms with Gasteiger partial charge in [0, 0.05) is 18.0 Å². The second kappa shape index (κ2) is 4.91. The molecule has 0 radical (unpaired) electrons. The Bertz CT molecular complexity index is 680. The van der Waals surface area contributed by atoms with Gasteiger partial charge in [-0.15, -0.1) is 0 Å². The lowest BCUT2D eigenvalue weighted by Gasteiger charge is -2.33. The Balaban J connectivity index is 1.59. The molecule has 21 heavy (non-hydrogen) atoms. The van der Waals surface area contributed by atoms with Crippen molar-refractivity contribution in [3.05, 3.63) is 42.0 Å². The number of imidazole rings is 1. The quantitative estimate of drug-likeness (QED) is 0.870. The minimum absolute atomic E-state index is 0.0316. The van der Waals surface area contributed by atoms with E-state index in [2.05, 4.69) is 9.97 Å². The van der Waals surface area contributed by atoms with E-state index < -0.39 is 0 Å². The van der Waals surface area contributed by atoms with Crippen LogP contribution in [0.3, 0.4) is 0 Å². The normalized spacial score (nSPS) is 20.4. The van der Waals surface area contributed by atoms with E-state index in [1.54, 1.807) is 6.33 Å². The number of carbonyl (C=O) groups is 1. The van der Waals surface area contributed by atoms with Crippen molar-refractivity contribution in [1.29, 1.82) is 0 Å². The summed E-state index contributed by atoms with van der Waals surface area (Å²) in [6.45, 7) is 1.19. The van der Waals surface area contributed by atoms with Crippen LogP contribution in [0.5, 0.6) is 5.75 Å². The highest BCUT2D eigenvalue weighted by molar-refractivity contribution is 5.97. The van der Waals surface area contributed by atoms with Gasteiger partial charge in [-0.1, -0.05) is 12.1 Å². The van der Waals surface area contributed by atoms with Crippen molar-refractivity contribution in [3.63, 3.8) is 0 Å². The van der Waals surface area contributed by atoms with E-state index in [1.807, 2.05) is 29.2 Å². The van der Waals surface area contributed by atoms with E-state index in [1.165, 1.54) is 0 Å². The summed E-state index contributed by atoms with van der Waals surface area (Å²) in [6.07, 6.45) is 4.23. The molecule has 4 rings (SSSR count). The summed E-state index contributed by atoms with van der Waals surface area (Å²) < 4.78 is 5.62. The highest BCUT2D eigenvalue weighted by Gasteiger charge is 2.32. The van der Waals surface area contributed by atoms with Crippen LogP contribution in [0, 0.1) is 5.92 Å². The number of hydrogen-bond acceptors (Lipinski definition) is 3. The fourth-order valence-electron chi connectivity index (χ4n) is 3.23. The topological polar surface area (TPSA) is 58.2 Å². The SMILES string of the molecule is O=C([C@H]1CCc2nc[nH]c2C1)N1CCOc2ccccc21. The second-order valence-corrected chi connectivity index (χ2v) is 5.57. The largest absolute Gasteiger partial charge is 0.490 e. The maximum Gasteiger partial charge on any atom is 0.230 e. The zero-order chi connectivity index (χ0) is 14.2. The average molecular weight is 283 g/mol. The van der Waals surface area contributed by atoms with E-state index in [9.17, 15) is 4.79 Å². The molecule has 2 aliphatic rings. The minimum Gasteiger partial charge on any atom is -0.490 e. The summed E-state index contributed by atoms with van der Waals surface area (Å²) in [7, 11) is 0. The molecule has 1 aromatic heterocycles. The Morgan fingerprint density at radius 1 is 1.38 bits per heavy atom. The maximum absolute atomic E-state index is 12.9. The number of anilines is 1. The number of amides is 1. The summed E-state index contributed by atoms with van der Waals surface area (Å²) >= 11 is 0. The first kappa shape index (κ1) is 12.4. The lowest BCUT2D eigenvalue weighted by atomic mass is 9.88. The van der Waals surface area contributed by atoms with E-state index >= 15 is 0 Å². The number of ether oxygens (including phenoxy) is 1. The van der Waals surface area contributed by atoms with Gasteiger partial charge in [0.2, 0.25) is 5.91 Å². The van der Waals surface area contributed by atoms with Gasteiger partial charge in [-0.3, -0.25) is 4.79 Å². The third-order valence-electron chi connectivity index (χ3n) is 4.33. The molecule has 0 saturated heterocycles. The van der Waals surface area contributed by atoms with Gasteiger partial charge < -0.3 is 14.6 Å². The van der Waals surface area contributed by atoms with Gasteiger partial charge in [-0.25, -0.2) is 4.98 Å². The highest BCUT2D eigenvalue weighted by atomic mass is 16.5. The lowest BCUT2D eigenvalue weighted by Crippen LogP contribution is -2.43. The van der Waals surface area contributed by atoms with Gasteiger partial charge in [0.05, 0.1) is 24.3 Å². The molecule has 1 aliphatic heterocycles. The van der Waals surface area contributed by atoms with Crippen LogP contribution in [-0.4, -0.2) is 29.0 Å². The first-order valence-corrected chi connectivity index (χ1v) is 7.37. The number of para-hydroxylation sites is 2. The number of benzene rings is 1. The van der Waals surface area contributed by atoms with Crippen LogP contribution in [0.4, 0.5) is 5.69 Å². The number of carbonyl (C=O) groups excluding carboxylic acids is 1. The maximum atomic E-state index is 12.9. The molecule has 0 fully saturated rings. The predicted molar refractivity (Wildman–Crippen MR) is 78.4 cm³/mol. The number of fused-ring (bicyclic) bond motifs is 2. The number of H-pyrrole nitrogens is 1. The predicted octanol–water partition coefficient (Wildman–Crippen LogP) is 1.94. The molecule has 1 aliphatic carbocycles. The van der Waals surface area contributed by atoms with Crippen LogP contribution < -0.4 is 9.64 Å². The molecule has 0 unspecified atom stereocenters. The van der Waals surface area contributed by atoms with E-state index in [-0.39, 0.29) is 11.8 Å². The van der Waals surface area contributed by atoms with Gasteiger partial charge in [0.1, 0.15) is 12.4 Å². The molecule has 2 aromatic rings. The summed E-state index contributed by atoms with van der Waals surface area (Å²) in [5, 5.41) is 0. The second-order valence-electron chi connectivity index (χ2n) is 5.57. The minimum atomic E-state index is 0.0316. The van der Waals surface area contributed by atoms with Crippen molar-refractivity contribution < 1.29 is 9.53 Å². The van der Waals surface area contributed by atoms with Crippen molar-refractivity contribution in [2.24, 2.45) is 5.92 Å². The standard InChI is InChI=1S/C16H17N3O2/c20-16(11-5-6-12-13(9-11)18-10-17-12)19-7-8-21-15-4-2-1-3-14(15)19/h1-4,10-11H,5-9H2,(H,17,18)/t11-/m0/s1. The first-order chi connectivity index (χ1) is 10.3. The summed E-state index contributed by atoms with van der Waals surface area (Å²) in [5.74, 6) is 1.03. The fourth-order valence-corrected chi connectivity index (χ4v) is 3.23. The molecule has 5 heteroatoms. The molecule has 0 spiro atoms. The number of rotatable bonds is 1. The Hall–Kier alpha value is -2.30. The summed E-state index contributed by atoms with van der Waals surface area (Å²) in [5.41, 5.74) is 3.12. The van der Waals surface area contributed by atoms with Crippen LogP contribution in [0.1, 0.15) is 17.8 Å². The number of aromatic nitrogens is 2. The lowest BCUT2D eigenvalue weighted by molar-refractivity contribution is -0.123. The molecule has 1 aromatic carbocycles. The van der Waals surface area contributed by atoms with Crippen molar-refractivity contribution >= 4 is 11.6 Å². The smallest absolute Gasteiger partial charge is 0.230 e. The van der Waals surface area contributed by atoms with E-state index in [0.717, 1.165) is 42.1 Å². The van der Waals surface area contributed by atoms with Gasteiger partial charge >= 0.3 is 0 Å². The first-order valence-electron chi connectivity index (χ1n) is 7.37. The van der Waals surface area contributed by atoms with Gasteiger partial charge in [0.25, 0.3) is 0 Å². The summed E-state index contributed by atoms with van der Waals surface area (Å²) in [4.78, 5) is 22.2. The van der Waals surface area contributed by atoms with Crippen LogP contribution >= 0.6 is 0 Å². The van der Waals surface area contributed by atoms with Crippen LogP contribution in [0.2, 0.25) is 0 Å². The number of aromatic amines is 1. The molecule has 1 atom stereocenters. The Labute approximate surface area is 122 Å². The molecular formula is C16H17N3O2. The van der Waals surface area contributed by atoms with Crippen LogP contribution in [0.15, 0.2) is 30.6 Å². The molecular weight excluding hydrogens is 266 g/mol. The summed E-state index contributed by atoms with van der Waals surface area (Å²) in [6, 6.07) is 7.76. The Morgan fingerprint density at radius 2 is 2.29 bits per heavy atom. The van der Waals surface area contributed by atoms with Crippen molar-refractivity contribution in [2.45, 2.75) is 19.3 Å². The zero-order valence-corrected chi connectivity index (χ0v) is 11.7. The molecule has 0 bridgehead atoms. The van der Waals surface area contributed by atoms with E-state index in [4.69, 9.17) is 4.74 Å². The molecule has 1 amide bonds. The van der Waals surface area contributed by atoms with Crippen molar-refractivity contribution in [3.8, 4) is 5.75 Å². The number of nitrogens with zero attached hydrogens (tertiary/aromatic N) is 2. The Kier molecular flexibility index (Phi) is 2.91. The molecule has 0 saturated carbocycles. The van der Waals surface area contributed by atoms with Crippen LogP contribution in [-0.2, 0) is 17.6 Å². The number of aryl methyl sites for hydroxylation is 1. The number of hydrogen-bond donors (Lipinski definition) is 1. The van der Waals surface area contributed by atoms with Crippen molar-refractivity contribution in [2.75, 3.05) is 18.1 Å². The molecule has 108 valence electrons.